The minimum atomic E-state index is -0.901. The van der Waals surface area contributed by atoms with Crippen LogP contribution in [-0.4, -0.2) is 119 Å². The average Bonchev–Trinajstić information content (AvgIpc) is 4.14. The summed E-state index contributed by atoms with van der Waals surface area (Å²) in [6.07, 6.45) is 8.84. The van der Waals surface area contributed by atoms with Gasteiger partial charge in [-0.25, -0.2) is 19.6 Å². The molecule has 0 radical (unpaired) electrons. The molecule has 2 aromatic carbocycles. The van der Waals surface area contributed by atoms with Gasteiger partial charge in [-0.2, -0.15) is 0 Å². The molecule has 10 atom stereocenters. The number of amides is 4. The summed E-state index contributed by atoms with van der Waals surface area (Å²) in [6, 6.07) is 10.6. The van der Waals surface area contributed by atoms with Crippen molar-refractivity contribution < 1.29 is 38.1 Å². The van der Waals surface area contributed by atoms with Gasteiger partial charge in [0.05, 0.1) is 62.3 Å². The lowest BCUT2D eigenvalue weighted by Crippen LogP contribution is -2.55. The second-order valence-corrected chi connectivity index (χ2v) is 17.5. The number of rotatable bonds is 12. The van der Waals surface area contributed by atoms with Gasteiger partial charge in [-0.3, -0.25) is 9.59 Å². The van der Waals surface area contributed by atoms with Crippen LogP contribution in [0.3, 0.4) is 0 Å². The molecule has 62 heavy (non-hydrogen) atoms. The predicted molar refractivity (Wildman–Crippen MR) is 228 cm³/mol. The van der Waals surface area contributed by atoms with Gasteiger partial charge in [0.25, 0.3) is 0 Å². The van der Waals surface area contributed by atoms with Gasteiger partial charge in [-0.1, -0.05) is 37.1 Å². The maximum absolute atomic E-state index is 14.2. The number of methoxy groups -OCH3 is 4. The van der Waals surface area contributed by atoms with Gasteiger partial charge in [0.15, 0.2) is 0 Å². The number of benzene rings is 2. The molecule has 4 aromatic rings. The molecule has 2 unspecified atom stereocenters. The molecule has 16 nitrogen and oxygen atoms in total. The predicted octanol–water partition coefficient (Wildman–Crippen LogP) is 6.52. The zero-order chi connectivity index (χ0) is 43.4. The Labute approximate surface area is 360 Å². The number of hydrogen-bond acceptors (Lipinski definition) is 10. The lowest BCUT2D eigenvalue weighted by Gasteiger charge is -2.34. The number of aromatic amines is 2. The molecule has 2 aromatic heterocycles. The Morgan fingerprint density at radius 3 is 1.44 bits per heavy atom. The highest BCUT2D eigenvalue weighted by Crippen LogP contribution is 2.51. The van der Waals surface area contributed by atoms with Gasteiger partial charge < -0.3 is 49.3 Å². The van der Waals surface area contributed by atoms with Crippen LogP contribution >= 0.6 is 0 Å². The monoisotopic (exact) mass is 848 g/mol. The Kier molecular flexibility index (Phi) is 11.3. The zero-order valence-electron chi connectivity index (χ0n) is 36.1. The molecule has 328 valence electrons. The van der Waals surface area contributed by atoms with E-state index in [1.165, 1.54) is 28.4 Å². The lowest BCUT2D eigenvalue weighted by molar-refractivity contribution is -0.140. The first-order valence-electron chi connectivity index (χ1n) is 21.8. The number of nitrogens with one attached hydrogen (secondary N) is 4. The number of fused-ring (bicyclic) bond motifs is 6. The highest BCUT2D eigenvalue weighted by atomic mass is 16.5. The van der Waals surface area contributed by atoms with Crippen molar-refractivity contribution in [2.75, 3.05) is 28.4 Å². The number of aromatic nitrogens is 4. The number of imidazole rings is 2. The van der Waals surface area contributed by atoms with E-state index in [9.17, 15) is 19.2 Å². The quantitative estimate of drug-likeness (QED) is 0.108. The molecule has 2 aliphatic heterocycles. The second-order valence-electron chi connectivity index (χ2n) is 17.5. The van der Waals surface area contributed by atoms with Gasteiger partial charge in [-0.15, -0.1) is 0 Å². The summed E-state index contributed by atoms with van der Waals surface area (Å²) in [5.74, 6) is 1.79. The first-order valence-corrected chi connectivity index (χ1v) is 21.8. The number of ether oxygens (including phenoxy) is 4. The summed E-state index contributed by atoms with van der Waals surface area (Å²) in [6.45, 7) is 3.54. The third-order valence-electron chi connectivity index (χ3n) is 14.4. The highest BCUT2D eigenvalue weighted by molar-refractivity contribution is 6.04. The molecule has 4 amide bonds. The van der Waals surface area contributed by atoms with Crippen LogP contribution in [0.15, 0.2) is 48.8 Å². The number of alkyl carbamates (subject to hydrolysis) is 2. The second kappa shape index (κ2) is 16.9. The maximum Gasteiger partial charge on any atom is 0.407 e. The van der Waals surface area contributed by atoms with E-state index in [4.69, 9.17) is 28.9 Å². The number of hydrogen-bond donors (Lipinski definition) is 4. The number of carbonyl (C=O) groups is 4. The fraction of sp³-hybridized carbons (Fsp3) is 0.522. The van der Waals surface area contributed by atoms with Crippen LogP contribution in [0.5, 0.6) is 0 Å². The van der Waals surface area contributed by atoms with Crippen LogP contribution in [0.4, 0.5) is 9.59 Å². The molecule has 3 aliphatic carbocycles. The van der Waals surface area contributed by atoms with Crippen molar-refractivity contribution in [3.05, 3.63) is 60.4 Å². The van der Waals surface area contributed by atoms with Crippen LogP contribution in [0.1, 0.15) is 88.9 Å². The summed E-state index contributed by atoms with van der Waals surface area (Å²) in [7, 11) is 5.62. The number of likely N-dealkylation sites (tertiary alicyclic amines) is 2. The molecule has 4 heterocycles. The summed E-state index contributed by atoms with van der Waals surface area (Å²) in [5, 5.41) is 5.42. The Hall–Kier alpha value is -5.74. The van der Waals surface area contributed by atoms with Crippen LogP contribution in [0.25, 0.3) is 44.8 Å². The molecule has 0 bridgehead atoms. The fourth-order valence-electron chi connectivity index (χ4n) is 11.0. The molecule has 16 heteroatoms. The van der Waals surface area contributed by atoms with Crippen molar-refractivity contribution in [2.24, 2.45) is 11.8 Å². The molecule has 9 rings (SSSR count). The number of nitrogens with zero attached hydrogens (tertiary/aromatic N) is 4. The molecule has 4 fully saturated rings. The Balaban J connectivity index is 0.927. The zero-order valence-corrected chi connectivity index (χ0v) is 36.1. The van der Waals surface area contributed by atoms with Crippen molar-refractivity contribution in [3.63, 3.8) is 0 Å². The van der Waals surface area contributed by atoms with E-state index < -0.39 is 36.5 Å². The molecule has 2 saturated carbocycles. The largest absolute Gasteiger partial charge is 0.453 e. The van der Waals surface area contributed by atoms with E-state index in [1.54, 1.807) is 13.8 Å². The maximum atomic E-state index is 14.2. The minimum absolute atomic E-state index is 0.0687. The third kappa shape index (κ3) is 7.20. The van der Waals surface area contributed by atoms with E-state index in [-0.39, 0.29) is 36.0 Å². The standard InChI is InChI=1S/C46H56N8O8/c1-23(59-3)39(51-45(57)61-5)43(55)53-35-11-7-9-27(35)19-37(53)41-47-21-33(49-41)25-13-15-29-31(17-25)30-16-14-26(18-32(29)30)34-22-48-42(50-34)38-20-28-10-8-12-36(28)54(38)44(56)40(24(2)60-4)52-46(58)62-6/h13-18,21-24,27-28,35-40H,7-12,19-20H2,1-6H3,(H,47,49)(H,48,50)(H,51,57)(H,52,58)/t23-,24?,27+,28+,35?,36+,37+,38+,39+,40+/m1/s1. The van der Waals surface area contributed by atoms with Gasteiger partial charge in [-0.05, 0) is 98.6 Å². The van der Waals surface area contributed by atoms with E-state index in [2.05, 4.69) is 57.0 Å². The van der Waals surface area contributed by atoms with Crippen molar-refractivity contribution >= 4 is 24.0 Å². The Bertz CT molecular complexity index is 2180. The Morgan fingerprint density at radius 2 is 1.05 bits per heavy atom. The third-order valence-corrected chi connectivity index (χ3v) is 14.4. The molecular formula is C46H56N8O8. The van der Waals surface area contributed by atoms with Gasteiger partial charge in [0.1, 0.15) is 23.7 Å². The molecule has 0 spiro atoms. The highest BCUT2D eigenvalue weighted by Gasteiger charge is 2.51. The van der Waals surface area contributed by atoms with Gasteiger partial charge in [0.2, 0.25) is 11.8 Å². The lowest BCUT2D eigenvalue weighted by atomic mass is 9.78. The van der Waals surface area contributed by atoms with Crippen LogP contribution in [0.2, 0.25) is 0 Å². The number of H-pyrrole nitrogens is 2. The van der Waals surface area contributed by atoms with Gasteiger partial charge in [0, 0.05) is 37.4 Å². The summed E-state index contributed by atoms with van der Waals surface area (Å²) in [4.78, 5) is 73.7. The van der Waals surface area contributed by atoms with E-state index in [0.29, 0.717) is 11.8 Å². The summed E-state index contributed by atoms with van der Waals surface area (Å²) < 4.78 is 20.8. The van der Waals surface area contributed by atoms with Crippen LogP contribution < -0.4 is 10.6 Å². The Morgan fingerprint density at radius 1 is 0.629 bits per heavy atom. The summed E-state index contributed by atoms with van der Waals surface area (Å²) in [5.41, 5.74) is 8.32. The molecule has 2 saturated heterocycles. The van der Waals surface area contributed by atoms with Crippen LogP contribution in [0, 0.1) is 11.8 Å². The smallest absolute Gasteiger partial charge is 0.407 e. The van der Waals surface area contributed by atoms with Crippen molar-refractivity contribution in [3.8, 4) is 44.8 Å². The fourth-order valence-corrected chi connectivity index (χ4v) is 11.0. The topological polar surface area (TPSA) is 193 Å². The first kappa shape index (κ1) is 41.6. The van der Waals surface area contributed by atoms with Crippen LogP contribution in [-0.2, 0) is 28.5 Å². The molecule has 4 N–H and O–H groups in total. The van der Waals surface area contributed by atoms with Crippen molar-refractivity contribution in [1.29, 1.82) is 0 Å². The molecular weight excluding hydrogens is 793 g/mol. The first-order chi connectivity index (χ1) is 30.0. The normalized spacial score (nSPS) is 25.1. The molecule has 5 aliphatic rings. The minimum Gasteiger partial charge on any atom is -0.453 e. The number of carbonyl (C=O) groups excluding carboxylic acids is 4. The average molecular weight is 849 g/mol. The van der Waals surface area contributed by atoms with Crippen molar-refractivity contribution in [1.82, 2.24) is 40.4 Å². The summed E-state index contributed by atoms with van der Waals surface area (Å²) >= 11 is 0. The van der Waals surface area contributed by atoms with Crippen molar-refractivity contribution in [2.45, 2.75) is 114 Å². The SMILES string of the molecule is COC(=O)N[C@H](C(=O)N1[C@H](c2ncc(-c3ccc4c(c3)-c3ccc(-c5cnc([C@@H]6C[C@@H]7CCCC7N6C(=O)[C@@H](NC(=O)OC)[C@@H](C)OC)[nH]5)cc3-4)[nH]2)C[C@@H]2CCC[C@@H]21)C(C)OC. The van der Waals surface area contributed by atoms with E-state index in [1.807, 2.05) is 22.2 Å². The van der Waals surface area contributed by atoms with Gasteiger partial charge >= 0.3 is 12.2 Å². The van der Waals surface area contributed by atoms with E-state index >= 15 is 0 Å². The van der Waals surface area contributed by atoms with E-state index in [0.717, 1.165) is 108 Å².